The zero-order valence-corrected chi connectivity index (χ0v) is 11.3. The maximum Gasteiger partial charge on any atom is 0.314 e. The Morgan fingerprint density at radius 2 is 2.20 bits per heavy atom. The summed E-state index contributed by atoms with van der Waals surface area (Å²) in [6.45, 7) is 1.17. The number of methoxy groups -OCH3 is 1. The van der Waals surface area contributed by atoms with Crippen LogP contribution in [0.15, 0.2) is 41.2 Å². The minimum absolute atomic E-state index is 0.247. The van der Waals surface area contributed by atoms with Gasteiger partial charge in [-0.25, -0.2) is 0 Å². The van der Waals surface area contributed by atoms with Crippen LogP contribution in [0.2, 0.25) is 0 Å². The van der Waals surface area contributed by atoms with Crippen LogP contribution in [0.5, 0.6) is 0 Å². The first-order chi connectivity index (χ1) is 9.81. The summed E-state index contributed by atoms with van der Waals surface area (Å²) in [4.78, 5) is 15.8. The van der Waals surface area contributed by atoms with Gasteiger partial charge in [0, 0.05) is 19.5 Å². The number of aromatic nitrogens is 2. The second-order valence-corrected chi connectivity index (χ2v) is 4.29. The normalized spacial score (nSPS) is 12.1. The first-order valence-corrected chi connectivity index (χ1v) is 6.40. The van der Waals surface area contributed by atoms with Gasteiger partial charge < -0.3 is 14.6 Å². The number of rotatable bonds is 7. The smallest absolute Gasteiger partial charge is 0.314 e. The highest BCUT2D eigenvalue weighted by molar-refractivity contribution is 5.78. The van der Waals surface area contributed by atoms with Gasteiger partial charge >= 0.3 is 5.97 Å². The molecule has 1 N–H and O–H groups in total. The molecule has 0 radical (unpaired) electrons. The van der Waals surface area contributed by atoms with Crippen LogP contribution in [0, 0.1) is 0 Å². The first kappa shape index (κ1) is 14.2. The number of nitrogens with zero attached hydrogens (tertiary/aromatic N) is 2. The molecule has 0 bridgehead atoms. The quantitative estimate of drug-likeness (QED) is 0.603. The molecule has 20 heavy (non-hydrogen) atoms. The molecule has 0 saturated carbocycles. The van der Waals surface area contributed by atoms with E-state index >= 15 is 0 Å². The van der Waals surface area contributed by atoms with E-state index < -0.39 is 0 Å². The van der Waals surface area contributed by atoms with E-state index in [2.05, 4.69) is 20.0 Å². The maximum atomic E-state index is 11.8. The lowest BCUT2D eigenvalue weighted by Gasteiger charge is -2.15. The number of esters is 1. The van der Waals surface area contributed by atoms with Crippen LogP contribution in [0.3, 0.4) is 0 Å². The summed E-state index contributed by atoms with van der Waals surface area (Å²) in [5, 5.41) is 6.94. The molecule has 2 aromatic rings. The molecule has 0 spiro atoms. The fourth-order valence-electron chi connectivity index (χ4n) is 1.91. The summed E-state index contributed by atoms with van der Waals surface area (Å²) in [5.74, 6) is 0.0848. The Kier molecular flexibility index (Phi) is 5.25. The Morgan fingerprint density at radius 3 is 2.85 bits per heavy atom. The van der Waals surface area contributed by atoms with Crippen molar-refractivity contribution < 1.29 is 14.1 Å². The number of carbonyl (C=O) groups is 1. The van der Waals surface area contributed by atoms with Crippen molar-refractivity contribution in [1.29, 1.82) is 0 Å². The van der Waals surface area contributed by atoms with E-state index in [9.17, 15) is 4.79 Å². The van der Waals surface area contributed by atoms with Gasteiger partial charge in [0.25, 0.3) is 0 Å². The zero-order chi connectivity index (χ0) is 14.2. The summed E-state index contributed by atoms with van der Waals surface area (Å²) in [6.07, 6.45) is 1.95. The molecule has 2 rings (SSSR count). The highest BCUT2D eigenvalue weighted by Gasteiger charge is 2.20. The lowest BCUT2D eigenvalue weighted by atomic mass is 9.99. The number of nitrogens with one attached hydrogen (secondary N) is 1. The first-order valence-electron chi connectivity index (χ1n) is 6.40. The molecule has 0 amide bonds. The van der Waals surface area contributed by atoms with Gasteiger partial charge in [-0.05, 0) is 5.56 Å². The van der Waals surface area contributed by atoms with E-state index in [1.807, 2.05) is 30.3 Å². The van der Waals surface area contributed by atoms with E-state index in [0.717, 1.165) is 5.56 Å². The molecule has 1 aromatic heterocycles. The van der Waals surface area contributed by atoms with Crippen molar-refractivity contribution in [2.75, 3.05) is 20.2 Å². The molecule has 1 atom stereocenters. The van der Waals surface area contributed by atoms with Crippen molar-refractivity contribution in [3.05, 3.63) is 48.1 Å². The second-order valence-electron chi connectivity index (χ2n) is 4.29. The molecule has 0 aliphatic rings. The maximum absolute atomic E-state index is 11.8. The van der Waals surface area contributed by atoms with Gasteiger partial charge in [-0.1, -0.05) is 35.5 Å². The third kappa shape index (κ3) is 3.89. The number of carbonyl (C=O) groups excluding carboxylic acids is 1. The Hall–Kier alpha value is -2.21. The lowest BCUT2D eigenvalue weighted by Crippen LogP contribution is -2.29. The molecule has 1 unspecified atom stereocenters. The summed E-state index contributed by atoms with van der Waals surface area (Å²) >= 11 is 0. The Labute approximate surface area is 117 Å². The predicted octanol–water partition coefficient (Wildman–Crippen LogP) is 1.16. The van der Waals surface area contributed by atoms with Gasteiger partial charge in [-0.15, -0.1) is 0 Å². The van der Waals surface area contributed by atoms with Crippen LogP contribution in [0.25, 0.3) is 0 Å². The molecular formula is C14H17N3O3. The average Bonchev–Trinajstić information content (AvgIpc) is 3.01. The van der Waals surface area contributed by atoms with Crippen molar-refractivity contribution >= 4 is 5.97 Å². The van der Waals surface area contributed by atoms with Gasteiger partial charge in [0.05, 0.1) is 13.0 Å². The summed E-state index contributed by atoms with van der Waals surface area (Å²) in [6, 6.07) is 9.57. The average molecular weight is 275 g/mol. The van der Waals surface area contributed by atoms with Gasteiger partial charge in [0.2, 0.25) is 6.39 Å². The molecule has 6 heteroatoms. The van der Waals surface area contributed by atoms with Crippen LogP contribution in [-0.2, 0) is 16.0 Å². The molecule has 0 aliphatic heterocycles. The summed E-state index contributed by atoms with van der Waals surface area (Å²) in [7, 11) is 1.40. The number of benzene rings is 1. The predicted molar refractivity (Wildman–Crippen MR) is 72.1 cm³/mol. The number of hydrogen-bond donors (Lipinski definition) is 1. The van der Waals surface area contributed by atoms with Crippen molar-refractivity contribution in [2.24, 2.45) is 0 Å². The molecule has 0 saturated heterocycles. The van der Waals surface area contributed by atoms with E-state index in [4.69, 9.17) is 4.74 Å². The fraction of sp³-hybridized carbons (Fsp3) is 0.357. The SMILES string of the molecule is COC(=O)C(CNCCc1ncon1)c1ccccc1. The number of ether oxygens (including phenoxy) is 1. The standard InChI is InChI=1S/C14H17N3O3/c1-19-14(18)12(11-5-3-2-4-6-11)9-15-8-7-13-16-10-20-17-13/h2-6,10,12,15H,7-9H2,1H3. The highest BCUT2D eigenvalue weighted by atomic mass is 16.5. The fourth-order valence-corrected chi connectivity index (χ4v) is 1.91. The van der Waals surface area contributed by atoms with Crippen molar-refractivity contribution in [3.63, 3.8) is 0 Å². The van der Waals surface area contributed by atoms with E-state index in [1.54, 1.807) is 0 Å². The third-order valence-electron chi connectivity index (χ3n) is 2.97. The van der Waals surface area contributed by atoms with Gasteiger partial charge in [0.15, 0.2) is 5.82 Å². The Morgan fingerprint density at radius 1 is 1.40 bits per heavy atom. The highest BCUT2D eigenvalue weighted by Crippen LogP contribution is 2.16. The molecule has 0 aliphatic carbocycles. The largest absolute Gasteiger partial charge is 0.469 e. The van der Waals surface area contributed by atoms with E-state index in [1.165, 1.54) is 13.5 Å². The molecular weight excluding hydrogens is 258 g/mol. The van der Waals surface area contributed by atoms with Gasteiger partial charge in [-0.2, -0.15) is 4.98 Å². The molecule has 6 nitrogen and oxygen atoms in total. The summed E-state index contributed by atoms with van der Waals surface area (Å²) < 4.78 is 9.51. The van der Waals surface area contributed by atoms with Crippen LogP contribution < -0.4 is 5.32 Å². The molecule has 1 aromatic carbocycles. The minimum atomic E-state index is -0.313. The molecule has 1 heterocycles. The lowest BCUT2D eigenvalue weighted by molar-refractivity contribution is -0.142. The van der Waals surface area contributed by atoms with Crippen LogP contribution in [0.1, 0.15) is 17.3 Å². The zero-order valence-electron chi connectivity index (χ0n) is 11.3. The van der Waals surface area contributed by atoms with Crippen molar-refractivity contribution in [1.82, 2.24) is 15.5 Å². The van der Waals surface area contributed by atoms with E-state index in [0.29, 0.717) is 25.3 Å². The molecule has 0 fully saturated rings. The Balaban J connectivity index is 1.87. The van der Waals surface area contributed by atoms with Gasteiger partial charge in [0.1, 0.15) is 0 Å². The Bertz CT molecular complexity index is 514. The van der Waals surface area contributed by atoms with Crippen LogP contribution >= 0.6 is 0 Å². The minimum Gasteiger partial charge on any atom is -0.469 e. The van der Waals surface area contributed by atoms with Crippen LogP contribution in [0.4, 0.5) is 0 Å². The summed E-state index contributed by atoms with van der Waals surface area (Å²) in [5.41, 5.74) is 0.936. The van der Waals surface area contributed by atoms with Gasteiger partial charge in [-0.3, -0.25) is 4.79 Å². The van der Waals surface area contributed by atoms with Crippen molar-refractivity contribution in [3.8, 4) is 0 Å². The third-order valence-corrected chi connectivity index (χ3v) is 2.97. The van der Waals surface area contributed by atoms with Crippen molar-refractivity contribution in [2.45, 2.75) is 12.3 Å². The second kappa shape index (κ2) is 7.40. The number of hydrogen-bond acceptors (Lipinski definition) is 6. The molecule has 106 valence electrons. The topological polar surface area (TPSA) is 77.2 Å². The van der Waals surface area contributed by atoms with E-state index in [-0.39, 0.29) is 11.9 Å². The van der Waals surface area contributed by atoms with Crippen LogP contribution in [-0.4, -0.2) is 36.3 Å². The monoisotopic (exact) mass is 275 g/mol.